The van der Waals surface area contributed by atoms with E-state index in [1.807, 2.05) is 0 Å². The molecule has 0 aliphatic carbocycles. The first kappa shape index (κ1) is 25.4. The van der Waals surface area contributed by atoms with Gasteiger partial charge in [-0.1, -0.05) is 135 Å². The molecule has 0 amide bonds. The third-order valence-electron chi connectivity index (χ3n) is 6.82. The molecule has 0 aliphatic rings. The molecule has 0 unspecified atom stereocenters. The summed E-state index contributed by atoms with van der Waals surface area (Å²) in [5, 5.41) is 0. The van der Waals surface area contributed by atoms with E-state index in [1.165, 1.54) is 22.3 Å². The molecule has 3 heteroatoms. The number of anilines is 3. The quantitative estimate of drug-likeness (QED) is 0.177. The van der Waals surface area contributed by atoms with Gasteiger partial charge in [0.1, 0.15) is 0 Å². The molecule has 0 atom stereocenters. The van der Waals surface area contributed by atoms with Gasteiger partial charge in [0.25, 0.3) is 0 Å². The third kappa shape index (κ3) is 5.47. The van der Waals surface area contributed by atoms with Crippen LogP contribution in [-0.2, 0) is 0 Å². The molecule has 0 N–H and O–H groups in total. The van der Waals surface area contributed by atoms with E-state index in [0.29, 0.717) is 0 Å². The number of nitrogens with zero attached hydrogens (tertiary/aromatic N) is 1. The van der Waals surface area contributed by atoms with E-state index >= 15 is 0 Å². The molecule has 1 nitrogen and oxygen atoms in total. The van der Waals surface area contributed by atoms with Crippen molar-refractivity contribution < 1.29 is 0 Å². The molecule has 6 rings (SSSR count). The van der Waals surface area contributed by atoms with Crippen molar-refractivity contribution in [1.29, 1.82) is 0 Å². The summed E-state index contributed by atoms with van der Waals surface area (Å²) in [5.41, 5.74) is 10.3. The van der Waals surface area contributed by atoms with Crippen molar-refractivity contribution in [3.63, 3.8) is 0 Å². The number of hydrogen-bond acceptors (Lipinski definition) is 1. The third-order valence-corrected chi connectivity index (χ3v) is 8.20. The minimum Gasteiger partial charge on any atom is -0.310 e. The summed E-state index contributed by atoms with van der Waals surface area (Å²) in [6.07, 6.45) is 0. The monoisotopic (exact) mass is 629 g/mol. The highest BCUT2D eigenvalue weighted by atomic mass is 79.9. The van der Waals surface area contributed by atoms with Crippen molar-refractivity contribution in [3.8, 4) is 33.4 Å². The molecule has 0 aliphatic heterocycles. The smallest absolute Gasteiger partial charge is 0.0468 e. The highest BCUT2D eigenvalue weighted by Crippen LogP contribution is 2.42. The van der Waals surface area contributed by atoms with E-state index in [9.17, 15) is 0 Å². The Morgan fingerprint density at radius 1 is 0.333 bits per heavy atom. The Morgan fingerprint density at radius 2 is 0.692 bits per heavy atom. The zero-order valence-corrected chi connectivity index (χ0v) is 24.3. The van der Waals surface area contributed by atoms with E-state index in [2.05, 4.69) is 188 Å². The van der Waals surface area contributed by atoms with Crippen LogP contribution in [0.25, 0.3) is 33.4 Å². The molecule has 0 heterocycles. The van der Waals surface area contributed by atoms with Crippen LogP contribution in [0.3, 0.4) is 0 Å². The fourth-order valence-electron chi connectivity index (χ4n) is 4.86. The topological polar surface area (TPSA) is 3.24 Å². The van der Waals surface area contributed by atoms with E-state index in [1.54, 1.807) is 0 Å². The van der Waals surface area contributed by atoms with E-state index in [-0.39, 0.29) is 0 Å². The highest BCUT2D eigenvalue weighted by Gasteiger charge is 2.17. The van der Waals surface area contributed by atoms with Crippen LogP contribution in [0, 0.1) is 0 Å². The van der Waals surface area contributed by atoms with Gasteiger partial charge in [-0.3, -0.25) is 0 Å². The van der Waals surface area contributed by atoms with E-state index in [4.69, 9.17) is 0 Å². The number of halogens is 2. The summed E-state index contributed by atoms with van der Waals surface area (Å²) in [6.45, 7) is 0. The Kier molecular flexibility index (Phi) is 7.44. The maximum atomic E-state index is 3.79. The van der Waals surface area contributed by atoms with Gasteiger partial charge in [-0.05, 0) is 81.9 Å². The molecule has 0 aromatic heterocycles. The van der Waals surface area contributed by atoms with Gasteiger partial charge >= 0.3 is 0 Å². The summed E-state index contributed by atoms with van der Waals surface area (Å²) in [4.78, 5) is 2.33. The van der Waals surface area contributed by atoms with Gasteiger partial charge in [0, 0.05) is 26.0 Å². The number of hydrogen-bond donors (Lipinski definition) is 0. The summed E-state index contributed by atoms with van der Waals surface area (Å²) < 4.78 is 2.13. The second kappa shape index (κ2) is 11.4. The van der Waals surface area contributed by atoms with Crippen LogP contribution in [0.5, 0.6) is 0 Å². The van der Waals surface area contributed by atoms with Crippen LogP contribution in [0.2, 0.25) is 0 Å². The number of benzene rings is 6. The Balaban J connectivity index is 1.51. The molecule has 6 aromatic rings. The zero-order chi connectivity index (χ0) is 26.6. The molecular formula is C36H25Br2N. The average molecular weight is 631 g/mol. The van der Waals surface area contributed by atoms with Crippen LogP contribution in [0.4, 0.5) is 17.1 Å². The van der Waals surface area contributed by atoms with Gasteiger partial charge in [0.05, 0.1) is 0 Å². The minimum absolute atomic E-state index is 1.07. The predicted octanol–water partition coefficient (Wildman–Crippen LogP) is 11.7. The summed E-state index contributed by atoms with van der Waals surface area (Å²) >= 11 is 7.58. The van der Waals surface area contributed by atoms with Gasteiger partial charge in [-0.2, -0.15) is 0 Å². The van der Waals surface area contributed by atoms with Crippen LogP contribution < -0.4 is 4.90 Å². The lowest BCUT2D eigenvalue weighted by Crippen LogP contribution is -2.10. The van der Waals surface area contributed by atoms with Crippen LogP contribution in [-0.4, -0.2) is 0 Å². The molecule has 0 spiro atoms. The standard InChI is InChI=1S/C36H25Br2N/c37-35-22-20-31(24-33(35)28-12-6-2-7-13-28)39(30-18-16-27(17-19-30)26-10-4-1-5-11-26)32-21-23-36(38)34(25-32)29-14-8-3-9-15-29/h1-25H. The van der Waals surface area contributed by atoms with Crippen molar-refractivity contribution in [2.75, 3.05) is 4.90 Å². The van der Waals surface area contributed by atoms with Gasteiger partial charge in [-0.15, -0.1) is 0 Å². The maximum absolute atomic E-state index is 3.79. The summed E-state index contributed by atoms with van der Waals surface area (Å²) in [5.74, 6) is 0. The van der Waals surface area contributed by atoms with Crippen molar-refractivity contribution in [2.45, 2.75) is 0 Å². The molecule has 0 saturated heterocycles. The Hall–Kier alpha value is -3.92. The summed E-state index contributed by atoms with van der Waals surface area (Å²) in [7, 11) is 0. The van der Waals surface area contributed by atoms with Gasteiger partial charge in [0.15, 0.2) is 0 Å². The van der Waals surface area contributed by atoms with Crippen LogP contribution >= 0.6 is 31.9 Å². The fraction of sp³-hybridized carbons (Fsp3) is 0. The van der Waals surface area contributed by atoms with Crippen LogP contribution in [0.15, 0.2) is 161 Å². The highest BCUT2D eigenvalue weighted by molar-refractivity contribution is 9.11. The van der Waals surface area contributed by atoms with Gasteiger partial charge < -0.3 is 4.90 Å². The van der Waals surface area contributed by atoms with Gasteiger partial charge in [-0.25, -0.2) is 0 Å². The van der Waals surface area contributed by atoms with Crippen molar-refractivity contribution in [2.24, 2.45) is 0 Å². The lowest BCUT2D eigenvalue weighted by Gasteiger charge is -2.27. The molecule has 188 valence electrons. The SMILES string of the molecule is Brc1ccc(N(c2ccc(-c3ccccc3)cc2)c2ccc(Br)c(-c3ccccc3)c2)cc1-c1ccccc1. The molecule has 0 radical (unpaired) electrons. The lowest BCUT2D eigenvalue weighted by molar-refractivity contribution is 1.28. The number of rotatable bonds is 6. The maximum Gasteiger partial charge on any atom is 0.0468 e. The molecule has 39 heavy (non-hydrogen) atoms. The largest absolute Gasteiger partial charge is 0.310 e. The first-order valence-electron chi connectivity index (χ1n) is 12.8. The minimum atomic E-state index is 1.07. The van der Waals surface area contributed by atoms with E-state index < -0.39 is 0 Å². The zero-order valence-electron chi connectivity index (χ0n) is 21.1. The Bertz CT molecular complexity index is 1610. The van der Waals surface area contributed by atoms with E-state index in [0.717, 1.165) is 37.1 Å². The molecule has 0 fully saturated rings. The lowest BCUT2D eigenvalue weighted by atomic mass is 10.0. The Labute approximate surface area is 246 Å². The van der Waals surface area contributed by atoms with Crippen LogP contribution in [0.1, 0.15) is 0 Å². The first-order valence-corrected chi connectivity index (χ1v) is 14.4. The second-order valence-electron chi connectivity index (χ2n) is 9.31. The molecule has 0 bridgehead atoms. The summed E-state index contributed by atoms with van der Waals surface area (Å²) in [6, 6.07) is 53.5. The van der Waals surface area contributed by atoms with Crippen molar-refractivity contribution >= 4 is 48.9 Å². The predicted molar refractivity (Wildman–Crippen MR) is 173 cm³/mol. The fourth-order valence-corrected chi connectivity index (χ4v) is 5.81. The Morgan fingerprint density at radius 3 is 1.13 bits per heavy atom. The molecule has 6 aromatic carbocycles. The normalized spacial score (nSPS) is 10.8. The average Bonchev–Trinajstić information content (AvgIpc) is 3.00. The molecule has 0 saturated carbocycles. The molecular weight excluding hydrogens is 606 g/mol. The van der Waals surface area contributed by atoms with Gasteiger partial charge in [0.2, 0.25) is 0 Å². The second-order valence-corrected chi connectivity index (χ2v) is 11.0. The first-order chi connectivity index (χ1) is 19.2. The van der Waals surface area contributed by atoms with Crippen molar-refractivity contribution in [3.05, 3.63) is 161 Å². The van der Waals surface area contributed by atoms with Crippen molar-refractivity contribution in [1.82, 2.24) is 0 Å².